The number of hydrogen-bond acceptors (Lipinski definition) is 6. The lowest BCUT2D eigenvalue weighted by Gasteiger charge is -2.35. The first kappa shape index (κ1) is 29.0. The van der Waals surface area contributed by atoms with E-state index >= 15 is 0 Å². The first-order chi connectivity index (χ1) is 17.4. The molecule has 12 heteroatoms. The Morgan fingerprint density at radius 2 is 1.81 bits per heavy atom. The third-order valence-corrected chi connectivity index (χ3v) is 8.91. The van der Waals surface area contributed by atoms with Crippen molar-refractivity contribution in [3.05, 3.63) is 59.7 Å². The zero-order valence-corrected chi connectivity index (χ0v) is 21.9. The van der Waals surface area contributed by atoms with Crippen LogP contribution in [0.4, 0.5) is 13.2 Å². The molecule has 0 heterocycles. The van der Waals surface area contributed by atoms with E-state index in [-0.39, 0.29) is 41.1 Å². The summed E-state index contributed by atoms with van der Waals surface area (Å²) in [6.45, 7) is -0.0854. The van der Waals surface area contributed by atoms with Gasteiger partial charge >= 0.3 is 6.18 Å². The van der Waals surface area contributed by atoms with Gasteiger partial charge in [-0.25, -0.2) is 8.42 Å². The van der Waals surface area contributed by atoms with Crippen LogP contribution in [0.1, 0.15) is 41.6 Å². The van der Waals surface area contributed by atoms with Crippen LogP contribution in [-0.2, 0) is 20.8 Å². The van der Waals surface area contributed by atoms with Gasteiger partial charge in [0.05, 0.1) is 16.2 Å². The number of alkyl halides is 3. The summed E-state index contributed by atoms with van der Waals surface area (Å²) in [6.07, 6.45) is -1.18. The molecule has 202 valence electrons. The Morgan fingerprint density at radius 3 is 2.46 bits per heavy atom. The predicted molar refractivity (Wildman–Crippen MR) is 136 cm³/mol. The number of carbonyl (C=O) groups excluding carboxylic acids is 2. The van der Waals surface area contributed by atoms with Gasteiger partial charge in [0.2, 0.25) is 5.91 Å². The lowest BCUT2D eigenvalue weighted by Crippen LogP contribution is -2.49. The van der Waals surface area contributed by atoms with Crippen LogP contribution in [0.25, 0.3) is 0 Å². The van der Waals surface area contributed by atoms with E-state index in [4.69, 9.17) is 5.73 Å². The Labute approximate surface area is 218 Å². The molecule has 2 aromatic carbocycles. The van der Waals surface area contributed by atoms with Gasteiger partial charge in [-0.05, 0) is 73.9 Å². The molecular weight excluding hydrogens is 527 g/mol. The molecule has 4 N–H and O–H groups in total. The Hall–Kier alpha value is -2.57. The highest BCUT2D eigenvalue weighted by atomic mass is 32.2. The van der Waals surface area contributed by atoms with E-state index in [1.807, 2.05) is 6.26 Å². The number of amides is 2. The number of nitrogens with one attached hydrogen (secondary N) is 2. The zero-order chi connectivity index (χ0) is 27.2. The van der Waals surface area contributed by atoms with Gasteiger partial charge in [0.25, 0.3) is 5.91 Å². The van der Waals surface area contributed by atoms with Crippen LogP contribution in [0, 0.1) is 5.92 Å². The second-order valence-corrected chi connectivity index (χ2v) is 12.0. The topological polar surface area (TPSA) is 118 Å². The average molecular weight is 558 g/mol. The van der Waals surface area contributed by atoms with Crippen LogP contribution < -0.4 is 16.4 Å². The molecule has 1 fully saturated rings. The molecule has 0 unspecified atom stereocenters. The van der Waals surface area contributed by atoms with Gasteiger partial charge in [0.1, 0.15) is 0 Å². The Bertz CT molecular complexity index is 1200. The number of halogens is 3. The highest BCUT2D eigenvalue weighted by Crippen LogP contribution is 2.30. The summed E-state index contributed by atoms with van der Waals surface area (Å²) in [5, 5.41) is 5.31. The fraction of sp³-hybridized carbons (Fsp3) is 0.440. The smallest absolute Gasteiger partial charge is 0.353 e. The Morgan fingerprint density at radius 1 is 1.11 bits per heavy atom. The molecule has 1 aliphatic rings. The summed E-state index contributed by atoms with van der Waals surface area (Å²) < 4.78 is 64.7. The van der Waals surface area contributed by atoms with Crippen molar-refractivity contribution in [2.75, 3.05) is 18.6 Å². The summed E-state index contributed by atoms with van der Waals surface area (Å²) in [5.41, 5.74) is 5.00. The van der Waals surface area contributed by atoms with Crippen LogP contribution in [-0.4, -0.2) is 50.9 Å². The molecule has 0 radical (unpaired) electrons. The molecule has 0 spiro atoms. The minimum atomic E-state index is -4.57. The van der Waals surface area contributed by atoms with E-state index < -0.39 is 39.4 Å². The highest BCUT2D eigenvalue weighted by Gasteiger charge is 2.34. The van der Waals surface area contributed by atoms with E-state index in [1.54, 1.807) is 24.3 Å². The molecule has 37 heavy (non-hydrogen) atoms. The molecule has 0 bridgehead atoms. The lowest BCUT2D eigenvalue weighted by atomic mass is 9.83. The molecule has 0 aliphatic heterocycles. The number of hydrogen-bond donors (Lipinski definition) is 3. The molecule has 2 aromatic rings. The summed E-state index contributed by atoms with van der Waals surface area (Å²) in [6, 6.07) is 10.1. The van der Waals surface area contributed by atoms with Gasteiger partial charge in [-0.1, -0.05) is 6.07 Å². The van der Waals surface area contributed by atoms with Gasteiger partial charge in [-0.2, -0.15) is 13.2 Å². The van der Waals surface area contributed by atoms with Gasteiger partial charge in [0, 0.05) is 35.5 Å². The molecule has 3 rings (SSSR count). The maximum atomic E-state index is 13.0. The first-order valence-electron chi connectivity index (χ1n) is 11.8. The number of carbonyl (C=O) groups is 2. The van der Waals surface area contributed by atoms with Crippen molar-refractivity contribution in [2.24, 2.45) is 11.7 Å². The van der Waals surface area contributed by atoms with Crippen molar-refractivity contribution in [3.8, 4) is 0 Å². The van der Waals surface area contributed by atoms with Gasteiger partial charge in [0.15, 0.2) is 9.84 Å². The van der Waals surface area contributed by atoms with Crippen molar-refractivity contribution in [3.63, 3.8) is 0 Å². The van der Waals surface area contributed by atoms with Crippen molar-refractivity contribution in [1.29, 1.82) is 0 Å². The van der Waals surface area contributed by atoms with Gasteiger partial charge < -0.3 is 16.4 Å². The minimum Gasteiger partial charge on any atom is -0.353 e. The second-order valence-electron chi connectivity index (χ2n) is 9.05. The number of rotatable bonds is 9. The predicted octanol–water partition coefficient (Wildman–Crippen LogP) is 3.63. The molecule has 1 saturated carbocycles. The quantitative estimate of drug-likeness (QED) is 0.405. The van der Waals surface area contributed by atoms with Crippen LogP contribution in [0.5, 0.6) is 0 Å². The fourth-order valence-electron chi connectivity index (χ4n) is 4.34. The summed E-state index contributed by atoms with van der Waals surface area (Å²) >= 11 is 1.51. The molecule has 1 aliphatic carbocycles. The third kappa shape index (κ3) is 8.21. The standard InChI is InChI=1S/C25H30F3N3O4S2/c1-36-20-6-8-21(9-7-20)37(34,35)15-17-14-19(29)5-10-22(17)31-23(32)11-12-30-24(33)16-3-2-4-18(13-16)25(26,27)28/h2-4,6-9,13,17,19,22H,5,10-12,14-15,29H2,1H3,(H,30,33)(H,31,32)/t17-,19+,22-/m0/s1. The van der Waals surface area contributed by atoms with E-state index in [0.717, 1.165) is 23.1 Å². The van der Waals surface area contributed by atoms with E-state index in [0.29, 0.717) is 19.3 Å². The monoisotopic (exact) mass is 557 g/mol. The molecule has 3 atom stereocenters. The van der Waals surface area contributed by atoms with Crippen LogP contribution in [0.2, 0.25) is 0 Å². The molecule has 7 nitrogen and oxygen atoms in total. The Balaban J connectivity index is 1.56. The van der Waals surface area contributed by atoms with E-state index in [9.17, 15) is 31.2 Å². The number of sulfone groups is 1. The number of nitrogens with two attached hydrogens (primary N) is 1. The van der Waals surface area contributed by atoms with Crippen molar-refractivity contribution in [2.45, 2.75) is 53.7 Å². The lowest BCUT2D eigenvalue weighted by molar-refractivity contribution is -0.137. The van der Waals surface area contributed by atoms with Crippen LogP contribution in [0.15, 0.2) is 58.3 Å². The summed E-state index contributed by atoms with van der Waals surface area (Å²) in [7, 11) is -3.60. The third-order valence-electron chi connectivity index (χ3n) is 6.31. The Kier molecular flexibility index (Phi) is 9.65. The van der Waals surface area contributed by atoms with E-state index in [2.05, 4.69) is 10.6 Å². The zero-order valence-electron chi connectivity index (χ0n) is 20.3. The van der Waals surface area contributed by atoms with Crippen molar-refractivity contribution in [1.82, 2.24) is 10.6 Å². The van der Waals surface area contributed by atoms with E-state index in [1.165, 1.54) is 17.8 Å². The van der Waals surface area contributed by atoms with Crippen LogP contribution >= 0.6 is 11.8 Å². The largest absolute Gasteiger partial charge is 0.416 e. The van der Waals surface area contributed by atoms with Gasteiger partial charge in [-0.3, -0.25) is 9.59 Å². The fourth-order valence-corrected chi connectivity index (χ4v) is 6.43. The number of benzene rings is 2. The SMILES string of the molecule is CSc1ccc(S(=O)(=O)C[C@@H]2C[C@H](N)CC[C@@H]2NC(=O)CCNC(=O)c2cccc(C(F)(F)F)c2)cc1. The highest BCUT2D eigenvalue weighted by molar-refractivity contribution is 7.98. The molecular formula is C25H30F3N3O4S2. The minimum absolute atomic E-state index is 0.0854. The van der Waals surface area contributed by atoms with Crippen molar-refractivity contribution < 1.29 is 31.2 Å². The van der Waals surface area contributed by atoms with Gasteiger partial charge in [-0.15, -0.1) is 11.8 Å². The maximum absolute atomic E-state index is 13.0. The normalized spacial score (nSPS) is 20.3. The second kappa shape index (κ2) is 12.3. The van der Waals surface area contributed by atoms with Crippen molar-refractivity contribution >= 4 is 33.4 Å². The first-order valence-corrected chi connectivity index (χ1v) is 14.6. The molecule has 0 saturated heterocycles. The number of thioether (sulfide) groups is 1. The summed E-state index contributed by atoms with van der Waals surface area (Å²) in [4.78, 5) is 25.9. The molecule has 0 aromatic heterocycles. The maximum Gasteiger partial charge on any atom is 0.416 e. The average Bonchev–Trinajstić information content (AvgIpc) is 2.85. The van der Waals surface area contributed by atoms with Crippen LogP contribution in [0.3, 0.4) is 0 Å². The summed E-state index contributed by atoms with van der Waals surface area (Å²) in [5.74, 6) is -1.65. The molecule has 2 amide bonds.